The van der Waals surface area contributed by atoms with E-state index in [1.165, 1.54) is 32.3 Å². The minimum absolute atomic E-state index is 0.802. The van der Waals surface area contributed by atoms with Crippen molar-refractivity contribution in [2.45, 2.75) is 6.55 Å². The third-order valence-corrected chi connectivity index (χ3v) is 10.7. The van der Waals surface area contributed by atoms with E-state index in [-0.39, 0.29) is 0 Å². The molecule has 0 bridgehead atoms. The molecule has 1 aliphatic heterocycles. The molecule has 4 aromatic carbocycles. The molecule has 2 heteroatoms. The molecule has 0 spiro atoms. The lowest BCUT2D eigenvalue weighted by atomic mass is 10.0. The fraction of sp³-hybridized carbons (Fsp3) is 0.0400. The van der Waals surface area contributed by atoms with Gasteiger partial charge in [-0.2, -0.15) is 0 Å². The molecule has 0 nitrogen and oxygen atoms in total. The summed E-state index contributed by atoms with van der Waals surface area (Å²) >= 11 is 6.50. The maximum Gasteiger partial charge on any atom is 0.147 e. The molecular weight excluding hydrogens is 364 g/mol. The monoisotopic (exact) mass is 382 g/mol. The Morgan fingerprint density at radius 1 is 0.593 bits per heavy atom. The van der Waals surface area contributed by atoms with E-state index in [1.54, 1.807) is 0 Å². The van der Waals surface area contributed by atoms with E-state index in [2.05, 4.69) is 91.5 Å². The van der Waals surface area contributed by atoms with E-state index >= 15 is 0 Å². The molecule has 27 heavy (non-hydrogen) atoms. The first-order valence-electron chi connectivity index (χ1n) is 9.24. The maximum absolute atomic E-state index is 6.50. The van der Waals surface area contributed by atoms with E-state index in [9.17, 15) is 0 Å². The lowest BCUT2D eigenvalue weighted by Gasteiger charge is -2.26. The molecule has 1 aliphatic rings. The van der Waals surface area contributed by atoms with Gasteiger partial charge in [-0.3, -0.25) is 0 Å². The first-order chi connectivity index (χ1) is 13.2. The van der Waals surface area contributed by atoms with Crippen LogP contribution in [0.1, 0.15) is 0 Å². The van der Waals surface area contributed by atoms with Crippen LogP contribution in [0.4, 0.5) is 0 Å². The minimum atomic E-state index is -2.03. The Bertz CT molecular complexity index is 1150. The first-order valence-corrected chi connectivity index (χ1v) is 12.1. The number of benzene rings is 4. The molecule has 130 valence electrons. The molecule has 0 saturated heterocycles. The quantitative estimate of drug-likeness (QED) is 0.424. The van der Waals surface area contributed by atoms with Crippen molar-refractivity contribution >= 4 is 35.2 Å². The first kappa shape index (κ1) is 16.6. The van der Waals surface area contributed by atoms with E-state index in [0.29, 0.717) is 0 Å². The van der Waals surface area contributed by atoms with Crippen LogP contribution in [-0.2, 0) is 0 Å². The van der Waals surface area contributed by atoms with E-state index in [0.717, 1.165) is 10.6 Å². The zero-order chi connectivity index (χ0) is 18.4. The molecule has 5 rings (SSSR count). The van der Waals surface area contributed by atoms with Crippen molar-refractivity contribution < 1.29 is 0 Å². The fourth-order valence-corrected chi connectivity index (χ4v) is 8.84. The van der Waals surface area contributed by atoms with Crippen LogP contribution >= 0.6 is 11.6 Å². The minimum Gasteiger partial charge on any atom is -0.0837 e. The zero-order valence-electron chi connectivity index (χ0n) is 15.1. The van der Waals surface area contributed by atoms with E-state index < -0.39 is 8.07 Å². The largest absolute Gasteiger partial charge is 0.147 e. The summed E-state index contributed by atoms with van der Waals surface area (Å²) in [5.41, 5.74) is 5.06. The van der Waals surface area contributed by atoms with Crippen molar-refractivity contribution in [3.63, 3.8) is 0 Å². The van der Waals surface area contributed by atoms with Gasteiger partial charge in [-0.05, 0) is 38.3 Å². The molecular formula is C25H19ClSi. The Kier molecular flexibility index (Phi) is 3.82. The van der Waals surface area contributed by atoms with E-state index in [4.69, 9.17) is 11.6 Å². The zero-order valence-corrected chi connectivity index (χ0v) is 16.9. The van der Waals surface area contributed by atoms with Crippen molar-refractivity contribution in [1.29, 1.82) is 0 Å². The second-order valence-electron chi connectivity index (χ2n) is 7.28. The molecule has 0 saturated carbocycles. The number of fused-ring (bicyclic) bond motifs is 3. The van der Waals surface area contributed by atoms with Gasteiger partial charge in [0.15, 0.2) is 0 Å². The topological polar surface area (TPSA) is 0 Å². The summed E-state index contributed by atoms with van der Waals surface area (Å²) in [5.74, 6) is 0. The van der Waals surface area contributed by atoms with E-state index in [1.807, 2.05) is 12.1 Å². The molecule has 0 aliphatic carbocycles. The summed E-state index contributed by atoms with van der Waals surface area (Å²) in [4.78, 5) is 0. The van der Waals surface area contributed by atoms with Gasteiger partial charge in [-0.15, -0.1) is 0 Å². The van der Waals surface area contributed by atoms with Crippen molar-refractivity contribution in [3.05, 3.63) is 102 Å². The number of hydrogen-bond donors (Lipinski definition) is 0. The van der Waals surface area contributed by atoms with Crippen LogP contribution in [0.5, 0.6) is 0 Å². The highest BCUT2D eigenvalue weighted by atomic mass is 35.5. The molecule has 0 fully saturated rings. The van der Waals surface area contributed by atoms with Crippen LogP contribution in [0.3, 0.4) is 0 Å². The Balaban J connectivity index is 1.80. The molecule has 1 heterocycles. The van der Waals surface area contributed by atoms with Gasteiger partial charge in [0.1, 0.15) is 8.07 Å². The summed E-state index contributed by atoms with van der Waals surface area (Å²) in [6, 6.07) is 34.9. The van der Waals surface area contributed by atoms with Crippen LogP contribution < -0.4 is 15.6 Å². The van der Waals surface area contributed by atoms with Gasteiger partial charge >= 0.3 is 0 Å². The number of halogens is 1. The van der Waals surface area contributed by atoms with Crippen molar-refractivity contribution in [3.8, 4) is 22.3 Å². The summed E-state index contributed by atoms with van der Waals surface area (Å²) in [6.45, 7) is 2.48. The van der Waals surface area contributed by atoms with Crippen molar-refractivity contribution in [2.24, 2.45) is 0 Å². The molecule has 0 N–H and O–H groups in total. The van der Waals surface area contributed by atoms with Crippen LogP contribution in [0.2, 0.25) is 11.6 Å². The molecule has 1 atom stereocenters. The fourth-order valence-electron chi connectivity index (χ4n) is 4.44. The highest BCUT2D eigenvalue weighted by Gasteiger charge is 2.42. The lowest BCUT2D eigenvalue weighted by Crippen LogP contribution is -2.62. The second kappa shape index (κ2) is 6.23. The Labute approximate surface area is 166 Å². The summed E-state index contributed by atoms with van der Waals surface area (Å²) in [6.07, 6.45) is 0. The van der Waals surface area contributed by atoms with Crippen LogP contribution in [-0.4, -0.2) is 8.07 Å². The van der Waals surface area contributed by atoms with Gasteiger partial charge in [0.2, 0.25) is 0 Å². The summed E-state index contributed by atoms with van der Waals surface area (Å²) < 4.78 is 0. The Morgan fingerprint density at radius 2 is 1.22 bits per heavy atom. The van der Waals surface area contributed by atoms with Crippen LogP contribution in [0.15, 0.2) is 97.1 Å². The lowest BCUT2D eigenvalue weighted by molar-refractivity contribution is 1.63. The number of hydrogen-bond acceptors (Lipinski definition) is 0. The predicted octanol–water partition coefficient (Wildman–Crippen LogP) is 5.09. The molecule has 0 amide bonds. The summed E-state index contributed by atoms with van der Waals surface area (Å²) in [5, 5.41) is 5.23. The normalized spacial score (nSPS) is 17.4. The summed E-state index contributed by atoms with van der Waals surface area (Å²) in [7, 11) is -2.03. The van der Waals surface area contributed by atoms with Gasteiger partial charge < -0.3 is 0 Å². The average Bonchev–Trinajstić information content (AvgIpc) is 2.99. The molecule has 0 radical (unpaired) electrons. The van der Waals surface area contributed by atoms with Gasteiger partial charge in [0.05, 0.1) is 0 Å². The Hall–Kier alpha value is -2.61. The third kappa shape index (κ3) is 2.43. The predicted molar refractivity (Wildman–Crippen MR) is 119 cm³/mol. The highest BCUT2D eigenvalue weighted by molar-refractivity contribution is 7.13. The van der Waals surface area contributed by atoms with Crippen LogP contribution in [0, 0.1) is 0 Å². The maximum atomic E-state index is 6.50. The van der Waals surface area contributed by atoms with Crippen LogP contribution in [0.25, 0.3) is 22.3 Å². The SMILES string of the molecule is C[Si]1(c2ccccc2)c2ccccc2-c2ccc(-c3ccccc3Cl)cc21. The average molecular weight is 383 g/mol. The molecule has 4 aromatic rings. The van der Waals surface area contributed by atoms with Crippen molar-refractivity contribution in [2.75, 3.05) is 0 Å². The smallest absolute Gasteiger partial charge is 0.0837 e. The number of rotatable bonds is 2. The standard InChI is InChI=1S/C25H19ClSi/c1-27(19-9-3-2-4-10-19)24-14-8-6-12-21(24)22-16-15-18(17-25(22)27)20-11-5-7-13-23(20)26/h2-17H,1H3. The van der Waals surface area contributed by atoms with Gasteiger partial charge in [0, 0.05) is 10.6 Å². The second-order valence-corrected chi connectivity index (χ2v) is 11.6. The molecule has 0 aromatic heterocycles. The van der Waals surface area contributed by atoms with Crippen molar-refractivity contribution in [1.82, 2.24) is 0 Å². The molecule has 1 unspecified atom stereocenters. The van der Waals surface area contributed by atoms with Gasteiger partial charge in [-0.25, -0.2) is 0 Å². The highest BCUT2D eigenvalue weighted by Crippen LogP contribution is 2.33. The van der Waals surface area contributed by atoms with Gasteiger partial charge in [0.25, 0.3) is 0 Å². The Morgan fingerprint density at radius 3 is 2.00 bits per heavy atom. The third-order valence-electron chi connectivity index (χ3n) is 5.85. The van der Waals surface area contributed by atoms with Gasteiger partial charge in [-0.1, -0.05) is 109 Å².